The second kappa shape index (κ2) is 6.75. The fourth-order valence-electron chi connectivity index (χ4n) is 3.68. The molecule has 0 atom stereocenters. The van der Waals surface area contributed by atoms with Gasteiger partial charge in [-0.15, -0.1) is 0 Å². The molecular weight excluding hydrogens is 265 g/mol. The van der Waals surface area contributed by atoms with Gasteiger partial charge in [-0.3, -0.25) is 4.90 Å². The van der Waals surface area contributed by atoms with Gasteiger partial charge in [0.15, 0.2) is 0 Å². The topological polar surface area (TPSA) is 32.5 Å². The highest BCUT2D eigenvalue weighted by Gasteiger charge is 2.25. The molecule has 1 aromatic rings. The van der Waals surface area contributed by atoms with E-state index in [1.165, 1.54) is 51.3 Å². The Labute approximate surface area is 126 Å². The summed E-state index contributed by atoms with van der Waals surface area (Å²) in [6, 6.07) is 5.44. The van der Waals surface area contributed by atoms with Crippen LogP contribution in [0.1, 0.15) is 37.7 Å². The molecule has 2 aliphatic rings. The Morgan fingerprint density at radius 1 is 1.05 bits per heavy atom. The van der Waals surface area contributed by atoms with Gasteiger partial charge in [0.1, 0.15) is 5.82 Å². The number of nitrogens with two attached hydrogens (primary N) is 1. The zero-order valence-corrected chi connectivity index (χ0v) is 12.7. The Morgan fingerprint density at radius 2 is 1.76 bits per heavy atom. The average molecular weight is 291 g/mol. The number of piperidine rings is 2. The fourth-order valence-corrected chi connectivity index (χ4v) is 3.68. The quantitative estimate of drug-likeness (QED) is 0.869. The number of anilines is 1. The zero-order chi connectivity index (χ0) is 14.7. The summed E-state index contributed by atoms with van der Waals surface area (Å²) in [5, 5.41) is 0. The molecule has 0 spiro atoms. The van der Waals surface area contributed by atoms with Gasteiger partial charge in [0.25, 0.3) is 0 Å². The zero-order valence-electron chi connectivity index (χ0n) is 12.7. The highest BCUT2D eigenvalue weighted by molar-refractivity contribution is 5.46. The maximum atomic E-state index is 13.3. The van der Waals surface area contributed by atoms with Crippen LogP contribution in [0.4, 0.5) is 10.1 Å². The highest BCUT2D eigenvalue weighted by atomic mass is 19.1. The molecule has 2 saturated heterocycles. The lowest BCUT2D eigenvalue weighted by Gasteiger charge is -2.40. The van der Waals surface area contributed by atoms with E-state index < -0.39 is 0 Å². The van der Waals surface area contributed by atoms with E-state index in [0.29, 0.717) is 5.69 Å². The van der Waals surface area contributed by atoms with Gasteiger partial charge in [-0.1, -0.05) is 6.42 Å². The first-order chi connectivity index (χ1) is 10.2. The summed E-state index contributed by atoms with van der Waals surface area (Å²) in [4.78, 5) is 5.09. The first kappa shape index (κ1) is 14.8. The van der Waals surface area contributed by atoms with Crippen LogP contribution < -0.4 is 5.73 Å². The normalized spacial score (nSPS) is 22.5. The first-order valence-electron chi connectivity index (χ1n) is 8.23. The Bertz CT molecular complexity index is 463. The third-order valence-corrected chi connectivity index (χ3v) is 4.96. The molecule has 0 radical (unpaired) electrons. The monoisotopic (exact) mass is 291 g/mol. The van der Waals surface area contributed by atoms with Crippen molar-refractivity contribution in [2.24, 2.45) is 0 Å². The van der Waals surface area contributed by atoms with E-state index in [1.54, 1.807) is 12.1 Å². The van der Waals surface area contributed by atoms with Gasteiger partial charge in [0, 0.05) is 18.3 Å². The van der Waals surface area contributed by atoms with Gasteiger partial charge in [0.2, 0.25) is 0 Å². The number of benzene rings is 1. The minimum absolute atomic E-state index is 0.192. The Balaban J connectivity index is 1.52. The van der Waals surface area contributed by atoms with Crippen LogP contribution in [-0.4, -0.2) is 42.0 Å². The van der Waals surface area contributed by atoms with E-state index in [2.05, 4.69) is 9.80 Å². The SMILES string of the molecule is Nc1ccc(F)cc1CN1CCC(N2CCCCC2)CC1. The summed E-state index contributed by atoms with van der Waals surface area (Å²) in [5.74, 6) is -0.192. The number of nitrogen functional groups attached to an aromatic ring is 1. The van der Waals surface area contributed by atoms with E-state index in [0.717, 1.165) is 31.2 Å². The van der Waals surface area contributed by atoms with Crippen LogP contribution >= 0.6 is 0 Å². The number of likely N-dealkylation sites (tertiary alicyclic amines) is 2. The Kier molecular flexibility index (Phi) is 4.76. The van der Waals surface area contributed by atoms with E-state index in [9.17, 15) is 4.39 Å². The smallest absolute Gasteiger partial charge is 0.123 e. The van der Waals surface area contributed by atoms with Crippen molar-refractivity contribution < 1.29 is 4.39 Å². The second-order valence-corrected chi connectivity index (χ2v) is 6.45. The number of hydrogen-bond donors (Lipinski definition) is 1. The number of nitrogens with zero attached hydrogens (tertiary/aromatic N) is 2. The van der Waals surface area contributed by atoms with Crippen molar-refractivity contribution in [3.63, 3.8) is 0 Å². The summed E-state index contributed by atoms with van der Waals surface area (Å²) in [6.07, 6.45) is 6.58. The fraction of sp³-hybridized carbons (Fsp3) is 0.647. The van der Waals surface area contributed by atoms with Gasteiger partial charge >= 0.3 is 0 Å². The van der Waals surface area contributed by atoms with Crippen LogP contribution in [0.2, 0.25) is 0 Å². The molecule has 0 unspecified atom stereocenters. The Morgan fingerprint density at radius 3 is 2.48 bits per heavy atom. The van der Waals surface area contributed by atoms with Crippen LogP contribution in [0.3, 0.4) is 0 Å². The largest absolute Gasteiger partial charge is 0.398 e. The van der Waals surface area contributed by atoms with E-state index in [1.807, 2.05) is 0 Å². The molecule has 2 fully saturated rings. The molecule has 0 bridgehead atoms. The van der Waals surface area contributed by atoms with Crippen molar-refractivity contribution in [1.82, 2.24) is 9.80 Å². The van der Waals surface area contributed by atoms with Crippen molar-refractivity contribution in [2.75, 3.05) is 31.9 Å². The molecule has 0 aliphatic carbocycles. The van der Waals surface area contributed by atoms with Crippen LogP contribution in [0.5, 0.6) is 0 Å². The second-order valence-electron chi connectivity index (χ2n) is 6.45. The lowest BCUT2D eigenvalue weighted by Crippen LogP contribution is -2.46. The molecule has 0 amide bonds. The highest BCUT2D eigenvalue weighted by Crippen LogP contribution is 2.23. The van der Waals surface area contributed by atoms with E-state index in [-0.39, 0.29) is 5.82 Å². The lowest BCUT2D eigenvalue weighted by molar-refractivity contribution is 0.0897. The van der Waals surface area contributed by atoms with Gasteiger partial charge in [-0.05, 0) is 75.6 Å². The molecule has 2 aliphatic heterocycles. The third-order valence-electron chi connectivity index (χ3n) is 4.96. The summed E-state index contributed by atoms with van der Waals surface area (Å²) in [7, 11) is 0. The molecule has 4 heteroatoms. The summed E-state index contributed by atoms with van der Waals surface area (Å²) < 4.78 is 13.3. The summed E-state index contributed by atoms with van der Waals surface area (Å²) in [6.45, 7) is 5.52. The number of halogens is 1. The van der Waals surface area contributed by atoms with Crippen LogP contribution in [-0.2, 0) is 6.54 Å². The van der Waals surface area contributed by atoms with Gasteiger partial charge in [0.05, 0.1) is 0 Å². The molecule has 3 rings (SSSR count). The standard InChI is InChI=1S/C17H26FN3/c18-15-4-5-17(19)14(12-15)13-20-10-6-16(7-11-20)21-8-2-1-3-9-21/h4-5,12,16H,1-3,6-11,13,19H2. The van der Waals surface area contributed by atoms with E-state index in [4.69, 9.17) is 5.73 Å². The van der Waals surface area contributed by atoms with Crippen LogP contribution in [0.25, 0.3) is 0 Å². The van der Waals surface area contributed by atoms with E-state index >= 15 is 0 Å². The molecule has 3 nitrogen and oxygen atoms in total. The minimum atomic E-state index is -0.192. The van der Waals surface area contributed by atoms with Gasteiger partial charge < -0.3 is 10.6 Å². The molecule has 2 heterocycles. The third kappa shape index (κ3) is 3.74. The predicted octanol–water partition coefficient (Wildman–Crippen LogP) is 2.86. The molecule has 116 valence electrons. The van der Waals surface area contributed by atoms with Crippen molar-refractivity contribution >= 4 is 5.69 Å². The maximum Gasteiger partial charge on any atom is 0.123 e. The predicted molar refractivity (Wildman–Crippen MR) is 84.5 cm³/mol. The van der Waals surface area contributed by atoms with Crippen molar-refractivity contribution in [3.05, 3.63) is 29.6 Å². The lowest BCUT2D eigenvalue weighted by atomic mass is 9.99. The van der Waals surface area contributed by atoms with Crippen molar-refractivity contribution in [2.45, 2.75) is 44.7 Å². The molecule has 2 N–H and O–H groups in total. The molecule has 21 heavy (non-hydrogen) atoms. The summed E-state index contributed by atoms with van der Waals surface area (Å²) in [5.41, 5.74) is 7.58. The molecule has 0 saturated carbocycles. The maximum absolute atomic E-state index is 13.3. The van der Waals surface area contributed by atoms with Crippen molar-refractivity contribution in [3.8, 4) is 0 Å². The van der Waals surface area contributed by atoms with Crippen LogP contribution in [0, 0.1) is 5.82 Å². The van der Waals surface area contributed by atoms with Crippen LogP contribution in [0.15, 0.2) is 18.2 Å². The molecular formula is C17H26FN3. The molecule has 1 aromatic carbocycles. The van der Waals surface area contributed by atoms with Crippen molar-refractivity contribution in [1.29, 1.82) is 0 Å². The first-order valence-corrected chi connectivity index (χ1v) is 8.23. The number of rotatable bonds is 3. The van der Waals surface area contributed by atoms with Gasteiger partial charge in [-0.25, -0.2) is 4.39 Å². The molecule has 0 aromatic heterocycles. The minimum Gasteiger partial charge on any atom is -0.398 e. The van der Waals surface area contributed by atoms with Gasteiger partial charge in [-0.2, -0.15) is 0 Å². The Hall–Kier alpha value is -1.13. The number of hydrogen-bond acceptors (Lipinski definition) is 3. The summed E-state index contributed by atoms with van der Waals surface area (Å²) >= 11 is 0. The average Bonchev–Trinajstić information content (AvgIpc) is 2.53.